The van der Waals surface area contributed by atoms with Crippen LogP contribution < -0.4 is 59.1 Å². The smallest absolute Gasteiger partial charge is 0.744 e. The fourth-order valence-electron chi connectivity index (χ4n) is 1.46. The van der Waals surface area contributed by atoms with Gasteiger partial charge in [0, 0.05) is 4.47 Å². The minimum absolute atomic E-state index is 0. The van der Waals surface area contributed by atoms with E-state index in [1.54, 1.807) is 24.3 Å². The van der Waals surface area contributed by atoms with Gasteiger partial charge in [0.05, 0.1) is 4.90 Å². The van der Waals surface area contributed by atoms with Crippen molar-refractivity contribution in [1.82, 2.24) is 0 Å². The molecule has 3 nitrogen and oxygen atoms in total. The van der Waals surface area contributed by atoms with Crippen molar-refractivity contribution in [2.75, 3.05) is 0 Å². The maximum absolute atomic E-state index is 11.1. The monoisotopic (exact) mass is 434 g/mol. The molecule has 0 bridgehead atoms. The van der Waals surface area contributed by atoms with E-state index in [1.807, 2.05) is 6.07 Å². The molecule has 0 fully saturated rings. The van der Waals surface area contributed by atoms with Crippen LogP contribution in [-0.2, 0) is 10.1 Å². The molecule has 0 spiro atoms. The average Bonchev–Trinajstić information content (AvgIpc) is 2.29. The van der Waals surface area contributed by atoms with Gasteiger partial charge in [-0.15, -0.1) is 5.56 Å². The summed E-state index contributed by atoms with van der Waals surface area (Å²) < 4.78 is 34.3. The van der Waals surface area contributed by atoms with Gasteiger partial charge in [0.15, 0.2) is 0 Å². The quantitative estimate of drug-likeness (QED) is 0.300. The maximum Gasteiger partial charge on any atom is 1.00 e. The average molecular weight is 436 g/mol. The van der Waals surface area contributed by atoms with Crippen LogP contribution in [0.25, 0.3) is 11.1 Å². The van der Waals surface area contributed by atoms with Gasteiger partial charge in [-0.1, -0.05) is 32.0 Å². The van der Waals surface area contributed by atoms with E-state index in [2.05, 4.69) is 37.9 Å². The van der Waals surface area contributed by atoms with Crippen LogP contribution in [0.2, 0.25) is 0 Å². The molecule has 0 aliphatic heterocycles. The molecule has 0 aliphatic carbocycles. The fraction of sp³-hybridized carbons (Fsp3) is 0. The van der Waals surface area contributed by atoms with Crippen LogP contribution in [0.1, 0.15) is 0 Å². The van der Waals surface area contributed by atoms with Crippen molar-refractivity contribution in [1.29, 1.82) is 0 Å². The topological polar surface area (TPSA) is 57.2 Å². The first kappa shape index (κ1) is 21.3. The van der Waals surface area contributed by atoms with Crippen LogP contribution >= 0.6 is 31.9 Å². The molecule has 0 aliphatic rings. The first-order chi connectivity index (χ1) is 8.38. The standard InChI is InChI=1S/C12H7Br2O3S.2Na/c13-10-4-1-8(2-5-10)9-3-6-11(14)12(7-9)18(15,16)17;;/h1-4,6-7H,(H,15,16,17);;/q-1;2*+1/p-1. The Morgan fingerprint density at radius 1 is 1.00 bits per heavy atom. The predicted octanol–water partition coefficient (Wildman–Crippen LogP) is -2.41. The molecular formula is C12H6Br2Na2O3S. The van der Waals surface area contributed by atoms with Gasteiger partial charge < -0.3 is 4.55 Å². The Bertz CT molecular complexity index is 688. The zero-order valence-electron chi connectivity index (χ0n) is 10.9. The minimum Gasteiger partial charge on any atom is -0.744 e. The second kappa shape index (κ2) is 8.82. The molecule has 0 amide bonds. The summed E-state index contributed by atoms with van der Waals surface area (Å²) in [5.41, 5.74) is 1.44. The second-order valence-corrected chi connectivity index (χ2v) is 6.58. The summed E-state index contributed by atoms with van der Waals surface area (Å²) in [5, 5.41) is 0. The van der Waals surface area contributed by atoms with Gasteiger partial charge in [0.1, 0.15) is 10.1 Å². The molecule has 2 aromatic carbocycles. The van der Waals surface area contributed by atoms with Crippen LogP contribution in [0.15, 0.2) is 50.2 Å². The molecule has 0 atom stereocenters. The maximum atomic E-state index is 11.1. The summed E-state index contributed by atoms with van der Waals surface area (Å²) in [6.45, 7) is 0. The molecule has 8 heteroatoms. The summed E-state index contributed by atoms with van der Waals surface area (Å²) in [6.07, 6.45) is 0. The van der Waals surface area contributed by atoms with Crippen molar-refractivity contribution in [3.63, 3.8) is 0 Å². The Kier molecular flexibility index (Phi) is 9.39. The Balaban J connectivity index is 0.00000180. The molecule has 94 valence electrons. The van der Waals surface area contributed by atoms with Crippen molar-refractivity contribution in [3.8, 4) is 11.1 Å². The second-order valence-electron chi connectivity index (χ2n) is 3.52. The number of benzene rings is 2. The van der Waals surface area contributed by atoms with Gasteiger partial charge >= 0.3 is 59.1 Å². The SMILES string of the molecule is O=S(=O)([O-])c1cc(-c2c[c-]c(Br)cc2)ccc1Br.[Na+].[Na+]. The van der Waals surface area contributed by atoms with Gasteiger partial charge in [0.2, 0.25) is 0 Å². The van der Waals surface area contributed by atoms with Gasteiger partial charge in [-0.05, 0) is 28.1 Å². The third-order valence-electron chi connectivity index (χ3n) is 2.31. The van der Waals surface area contributed by atoms with E-state index in [0.717, 1.165) is 10.0 Å². The molecule has 0 saturated carbocycles. The number of hydrogen-bond donors (Lipinski definition) is 0. The molecular weight excluding hydrogens is 430 g/mol. The third-order valence-corrected chi connectivity index (χ3v) is 4.63. The van der Waals surface area contributed by atoms with E-state index in [9.17, 15) is 13.0 Å². The van der Waals surface area contributed by atoms with E-state index in [0.29, 0.717) is 5.56 Å². The molecule has 0 radical (unpaired) electrons. The van der Waals surface area contributed by atoms with Crippen LogP contribution in [0.3, 0.4) is 0 Å². The van der Waals surface area contributed by atoms with E-state index < -0.39 is 10.1 Å². The Morgan fingerprint density at radius 2 is 1.60 bits per heavy atom. The van der Waals surface area contributed by atoms with Crippen LogP contribution in [0, 0.1) is 6.07 Å². The minimum atomic E-state index is -4.49. The van der Waals surface area contributed by atoms with Gasteiger partial charge in [0.25, 0.3) is 0 Å². The Labute approximate surface area is 179 Å². The summed E-state index contributed by atoms with van der Waals surface area (Å²) in [7, 11) is -4.49. The molecule has 0 aromatic heterocycles. The molecule has 0 heterocycles. The number of halogens is 2. The molecule has 0 saturated heterocycles. The summed E-state index contributed by atoms with van der Waals surface area (Å²) in [4.78, 5) is -0.261. The van der Waals surface area contributed by atoms with Crippen molar-refractivity contribution in [2.45, 2.75) is 4.90 Å². The van der Waals surface area contributed by atoms with Crippen LogP contribution in [0.5, 0.6) is 0 Å². The Morgan fingerprint density at radius 3 is 2.10 bits per heavy atom. The van der Waals surface area contributed by atoms with Gasteiger partial charge in [-0.25, -0.2) is 8.42 Å². The zero-order chi connectivity index (χ0) is 13.3. The van der Waals surface area contributed by atoms with E-state index in [-0.39, 0.29) is 68.5 Å². The van der Waals surface area contributed by atoms with Gasteiger partial charge in [-0.2, -0.15) is 24.3 Å². The van der Waals surface area contributed by atoms with Crippen molar-refractivity contribution < 1.29 is 72.1 Å². The van der Waals surface area contributed by atoms with E-state index >= 15 is 0 Å². The molecule has 20 heavy (non-hydrogen) atoms. The predicted molar refractivity (Wildman–Crippen MR) is 74.1 cm³/mol. The third kappa shape index (κ3) is 5.50. The van der Waals surface area contributed by atoms with E-state index in [4.69, 9.17) is 0 Å². The zero-order valence-corrected chi connectivity index (χ0v) is 18.8. The number of hydrogen-bond acceptors (Lipinski definition) is 3. The summed E-state index contributed by atoms with van der Waals surface area (Å²) >= 11 is 6.32. The molecule has 2 rings (SSSR count). The summed E-state index contributed by atoms with van der Waals surface area (Å²) in [5.74, 6) is 0. The Hall–Kier alpha value is 1.31. The fourth-order valence-corrected chi connectivity index (χ4v) is 3.13. The van der Waals surface area contributed by atoms with Crippen LogP contribution in [0.4, 0.5) is 0 Å². The van der Waals surface area contributed by atoms with Gasteiger partial charge in [-0.3, -0.25) is 0 Å². The summed E-state index contributed by atoms with van der Waals surface area (Å²) in [6, 6.07) is 12.9. The van der Waals surface area contributed by atoms with Crippen molar-refractivity contribution >= 4 is 42.0 Å². The molecule has 0 unspecified atom stereocenters. The largest absolute Gasteiger partial charge is 1.00 e. The van der Waals surface area contributed by atoms with Crippen molar-refractivity contribution in [3.05, 3.63) is 51.4 Å². The molecule has 2 aromatic rings. The van der Waals surface area contributed by atoms with Crippen molar-refractivity contribution in [2.24, 2.45) is 0 Å². The molecule has 0 N–H and O–H groups in total. The van der Waals surface area contributed by atoms with E-state index in [1.165, 1.54) is 6.07 Å². The number of rotatable bonds is 2. The first-order valence-corrected chi connectivity index (χ1v) is 7.80. The normalized spacial score (nSPS) is 10.3. The first-order valence-electron chi connectivity index (χ1n) is 4.81. The van der Waals surface area contributed by atoms with Crippen LogP contribution in [-0.4, -0.2) is 13.0 Å².